The van der Waals surface area contributed by atoms with Crippen molar-refractivity contribution in [3.63, 3.8) is 0 Å². The highest BCUT2D eigenvalue weighted by atomic mass is 32.7. The van der Waals surface area contributed by atoms with Crippen molar-refractivity contribution in [3.8, 4) is 11.1 Å². The van der Waals surface area contributed by atoms with Crippen LogP contribution in [0.1, 0.15) is 55.8 Å². The van der Waals surface area contributed by atoms with Gasteiger partial charge in [0, 0.05) is 17.4 Å². The molecule has 81 heavy (non-hydrogen) atoms. The minimum atomic E-state index is -4.63. The maximum absolute atomic E-state index is 17.0. The number of alkyl halides is 2. The molecule has 3 saturated heterocycles. The lowest BCUT2D eigenvalue weighted by Gasteiger charge is -2.30. The van der Waals surface area contributed by atoms with Crippen molar-refractivity contribution < 1.29 is 64.9 Å². The highest BCUT2D eigenvalue weighted by Crippen LogP contribution is 2.65. The highest BCUT2D eigenvalue weighted by Gasteiger charge is 2.55. The van der Waals surface area contributed by atoms with Crippen LogP contribution < -0.4 is 27.2 Å². The maximum Gasteiger partial charge on any atom is 0.407 e. The number of nitrogens with one attached hydrogen (secondary N) is 4. The van der Waals surface area contributed by atoms with Crippen LogP contribution in [0, 0.1) is 5.92 Å². The third-order valence-electron chi connectivity index (χ3n) is 14.1. The Morgan fingerprint density at radius 3 is 2.09 bits per heavy atom. The van der Waals surface area contributed by atoms with Crippen LogP contribution in [0.15, 0.2) is 103 Å². The molecular formula is C50H52F2N12O13P2S2. The molecule has 3 aliphatic heterocycles. The summed E-state index contributed by atoms with van der Waals surface area (Å²) in [5.74, 6) is -1.86. The number of anilines is 2. The third-order valence-corrected chi connectivity index (χ3v) is 19.3. The number of H-pyrrole nitrogens is 1. The van der Waals surface area contributed by atoms with Crippen LogP contribution in [0.4, 0.5) is 25.1 Å². The molecule has 25 nitrogen and oxygen atoms in total. The normalized spacial score (nSPS) is 27.3. The van der Waals surface area contributed by atoms with Gasteiger partial charge in [-0.05, 0) is 76.0 Å². The molecule has 3 amide bonds. The number of halogens is 2. The molecule has 0 saturated carbocycles. The number of ether oxygens (including phenoxy) is 3. The molecule has 7 N–H and O–H groups in total. The molecule has 4 aromatic heterocycles. The first-order valence-corrected chi connectivity index (χ1v) is 31.0. The van der Waals surface area contributed by atoms with Gasteiger partial charge < -0.3 is 50.3 Å². The van der Waals surface area contributed by atoms with E-state index in [0.29, 0.717) is 22.6 Å². The SMILES string of the molecule is CC(C)[C@H](NC(=O)OCC1c2ccccc2-c2ccccc21)C(=O)N[C@@H](C)C(=O)Nc1ccc(CSP2(=O)OC[C@H]3O[C@@H](n4cnc5c(N)ncnc54)[C@H](F)[C@@H]3OP(O)(=S)OC[C@H]3O[C@@H](n4cnc5c(=O)[nH]cnc54)[C@H](F)[C@@H]3O2)cc1. The van der Waals surface area contributed by atoms with E-state index in [1.54, 1.807) is 38.1 Å². The number of aromatic amines is 1. The molecule has 31 heteroatoms. The lowest BCUT2D eigenvalue weighted by Crippen LogP contribution is -2.53. The molecule has 7 aromatic rings. The molecule has 12 atom stereocenters. The number of alkyl carbamates (subject to hydrolysis) is 1. The Hall–Kier alpha value is -6.62. The van der Waals surface area contributed by atoms with Crippen LogP contribution >= 0.6 is 24.9 Å². The summed E-state index contributed by atoms with van der Waals surface area (Å²) in [6.07, 6.45) is -10.1. The number of nitrogens with two attached hydrogens (primary N) is 1. The van der Waals surface area contributed by atoms with Gasteiger partial charge >= 0.3 is 19.6 Å². The summed E-state index contributed by atoms with van der Waals surface area (Å²) in [7, 11) is 0. The van der Waals surface area contributed by atoms with E-state index in [4.69, 9.17) is 49.8 Å². The predicted octanol–water partition coefficient (Wildman–Crippen LogP) is 6.09. The molecule has 0 spiro atoms. The van der Waals surface area contributed by atoms with Crippen LogP contribution in [0.5, 0.6) is 0 Å². The fourth-order valence-corrected chi connectivity index (χ4v) is 14.8. The van der Waals surface area contributed by atoms with Crippen LogP contribution in [-0.4, -0.2) is 131 Å². The monoisotopic (exact) mass is 1190 g/mol. The molecule has 7 heterocycles. The van der Waals surface area contributed by atoms with Gasteiger partial charge in [0.1, 0.15) is 55.0 Å². The Morgan fingerprint density at radius 1 is 0.827 bits per heavy atom. The van der Waals surface area contributed by atoms with Gasteiger partial charge in [0.15, 0.2) is 47.4 Å². The van der Waals surface area contributed by atoms with Crippen LogP contribution in [0.25, 0.3) is 33.5 Å². The van der Waals surface area contributed by atoms with Gasteiger partial charge in [-0.15, -0.1) is 0 Å². The van der Waals surface area contributed by atoms with Crippen LogP contribution in [0.3, 0.4) is 0 Å². The van der Waals surface area contributed by atoms with E-state index < -0.39 is 111 Å². The summed E-state index contributed by atoms with van der Waals surface area (Å²) in [5.41, 5.74) is 10.5. The number of benzene rings is 3. The topological polar surface area (TPSA) is 322 Å². The zero-order valence-electron chi connectivity index (χ0n) is 43.0. The first-order chi connectivity index (χ1) is 38.8. The van der Waals surface area contributed by atoms with E-state index in [-0.39, 0.29) is 52.3 Å². The van der Waals surface area contributed by atoms with Gasteiger partial charge in [-0.2, -0.15) is 0 Å². The molecule has 3 aromatic carbocycles. The summed E-state index contributed by atoms with van der Waals surface area (Å²) < 4.78 is 92.6. The Bertz CT molecular complexity index is 3650. The lowest BCUT2D eigenvalue weighted by atomic mass is 9.98. The second-order valence-electron chi connectivity index (χ2n) is 19.7. The number of rotatable bonds is 13. The summed E-state index contributed by atoms with van der Waals surface area (Å²) in [6.45, 7) is -5.50. The standard InChI is InChI=1S/C50H52F2N12O13P2S2/c1-24(2)37(62-50(68)71-16-32-30-10-6-4-8-28(30)29-9-5-7-11-31(29)32)47(67)60-25(3)45(65)61-27-14-12-26(13-15-27)19-81-79(70)73-18-34-40(35(51)48(75-34)63-22-58-38-42(53)54-20-55-43(38)63)76-78(69,80)72-17-33-41(77-79)36(52)49(74-33)64-23-59-39-44(64)56-21-57-46(39)66/h4-15,20-25,32-37,40-41,48-49H,16-19H2,1-3H3,(H,60,67)(H,61,65)(H,62,68)(H,69,80)(H2,53,54,55)(H,56,57,66)/t25-,33+,34+,35+,36+,37-,40+,41+,48+,49+,78?,79?/m0/s1. The van der Waals surface area contributed by atoms with Crippen molar-refractivity contribution in [3.05, 3.63) is 125 Å². The number of hydrogen-bond acceptors (Lipinski definition) is 20. The van der Waals surface area contributed by atoms with Crippen molar-refractivity contribution in [2.75, 3.05) is 30.9 Å². The molecule has 3 fully saturated rings. The van der Waals surface area contributed by atoms with Crippen LogP contribution in [-0.2, 0) is 64.0 Å². The highest BCUT2D eigenvalue weighted by molar-refractivity contribution is 8.54. The van der Waals surface area contributed by atoms with E-state index in [9.17, 15) is 24.1 Å². The van der Waals surface area contributed by atoms with Gasteiger partial charge in [-0.1, -0.05) is 74.5 Å². The average Bonchev–Trinajstić information content (AvgIpc) is 4.34. The minimum absolute atomic E-state index is 0.00951. The van der Waals surface area contributed by atoms with E-state index in [2.05, 4.69) is 45.9 Å². The Morgan fingerprint density at radius 2 is 1.43 bits per heavy atom. The van der Waals surface area contributed by atoms with Gasteiger partial charge in [0.05, 0.1) is 32.2 Å². The molecule has 1 aliphatic carbocycles. The first kappa shape index (κ1) is 56.3. The third kappa shape index (κ3) is 11.5. The predicted molar refractivity (Wildman–Crippen MR) is 292 cm³/mol. The molecule has 2 unspecified atom stereocenters. The Kier molecular flexibility index (Phi) is 15.9. The number of fused-ring (bicyclic) bond motifs is 7. The van der Waals surface area contributed by atoms with Gasteiger partial charge in [-0.3, -0.25) is 37.1 Å². The number of imidazole rings is 2. The Labute approximate surface area is 467 Å². The molecule has 4 aliphatic rings. The van der Waals surface area contributed by atoms with Crippen molar-refractivity contribution in [1.82, 2.24) is 49.7 Å². The first-order valence-electron chi connectivity index (χ1n) is 25.3. The molecule has 426 valence electrons. The zero-order chi connectivity index (χ0) is 56.9. The summed E-state index contributed by atoms with van der Waals surface area (Å²) in [4.78, 5) is 86.9. The van der Waals surface area contributed by atoms with E-state index in [0.717, 1.165) is 45.8 Å². The lowest BCUT2D eigenvalue weighted by molar-refractivity contribution is -0.128. The largest absolute Gasteiger partial charge is 0.449 e. The fraction of sp³-hybridized carbons (Fsp3) is 0.380. The van der Waals surface area contributed by atoms with Crippen molar-refractivity contribution in [2.45, 2.75) is 93.7 Å². The van der Waals surface area contributed by atoms with Crippen molar-refractivity contribution in [1.29, 1.82) is 0 Å². The van der Waals surface area contributed by atoms with Crippen molar-refractivity contribution >= 4 is 88.4 Å². The molecular weight excluding hydrogens is 1140 g/mol. The molecule has 0 radical (unpaired) electrons. The van der Waals surface area contributed by atoms with Crippen molar-refractivity contribution in [2.24, 2.45) is 5.92 Å². The number of carbonyl (C=O) groups excluding carboxylic acids is 3. The summed E-state index contributed by atoms with van der Waals surface area (Å²) >= 11 is 5.95. The summed E-state index contributed by atoms with van der Waals surface area (Å²) in [6, 6.07) is 20.0. The second-order valence-corrected chi connectivity index (χ2v) is 26.5. The quantitative estimate of drug-likeness (QED) is 0.0711. The fourth-order valence-electron chi connectivity index (χ4n) is 9.98. The number of aromatic nitrogens is 8. The molecule has 0 bridgehead atoms. The number of nitrogens with zero attached hydrogens (tertiary/aromatic N) is 7. The Balaban J connectivity index is 0.760. The van der Waals surface area contributed by atoms with E-state index in [1.165, 1.54) is 17.8 Å². The number of nitrogen functional groups attached to an aromatic ring is 1. The maximum atomic E-state index is 17.0. The molecule has 11 rings (SSSR count). The summed E-state index contributed by atoms with van der Waals surface area (Å²) in [5, 5.41) is 8.08. The smallest absolute Gasteiger partial charge is 0.407 e. The zero-order valence-corrected chi connectivity index (χ0v) is 46.4. The number of carbonyl (C=O) groups is 3. The van der Waals surface area contributed by atoms with Gasteiger partial charge in [0.25, 0.3) is 5.56 Å². The van der Waals surface area contributed by atoms with E-state index >= 15 is 13.3 Å². The second kappa shape index (κ2) is 23.0. The van der Waals surface area contributed by atoms with E-state index in [1.807, 2.05) is 48.5 Å². The number of amides is 3. The number of hydrogen-bond donors (Lipinski definition) is 6. The average molecular weight is 1190 g/mol. The van der Waals surface area contributed by atoms with Crippen LogP contribution in [0.2, 0.25) is 0 Å². The van der Waals surface area contributed by atoms with Gasteiger partial charge in [0.2, 0.25) is 11.8 Å². The minimum Gasteiger partial charge on any atom is -0.449 e. The van der Waals surface area contributed by atoms with Gasteiger partial charge in [-0.25, -0.2) is 43.1 Å².